The molecule has 1 N–H and O–H groups in total. The van der Waals surface area contributed by atoms with Gasteiger partial charge in [-0.1, -0.05) is 23.9 Å². The van der Waals surface area contributed by atoms with Crippen molar-refractivity contribution in [1.29, 1.82) is 0 Å². The second-order valence-corrected chi connectivity index (χ2v) is 6.53. The predicted octanol–water partition coefficient (Wildman–Crippen LogP) is 2.41. The lowest BCUT2D eigenvalue weighted by Crippen LogP contribution is -2.31. The van der Waals surface area contributed by atoms with Gasteiger partial charge in [0.15, 0.2) is 16.7 Å². The van der Waals surface area contributed by atoms with Gasteiger partial charge in [-0.15, -0.1) is 0 Å². The van der Waals surface area contributed by atoms with Crippen LogP contribution in [0.25, 0.3) is 0 Å². The quantitative estimate of drug-likeness (QED) is 0.563. The fourth-order valence-electron chi connectivity index (χ4n) is 2.38. The van der Waals surface area contributed by atoms with Crippen LogP contribution in [0.1, 0.15) is 17.7 Å². The molecule has 0 bridgehead atoms. The number of hydrogen-bond acceptors (Lipinski definition) is 5. The highest BCUT2D eigenvalue weighted by molar-refractivity contribution is 7.98. The number of amides is 1. The average Bonchev–Trinajstić information content (AvgIpc) is 2.62. The van der Waals surface area contributed by atoms with Crippen molar-refractivity contribution in [3.8, 4) is 5.75 Å². The Hall–Kier alpha value is -2.35. The fraction of sp³-hybridized carbons (Fsp3) is 0.389. The van der Waals surface area contributed by atoms with E-state index in [4.69, 9.17) is 4.74 Å². The van der Waals surface area contributed by atoms with E-state index in [1.54, 1.807) is 26.1 Å². The lowest BCUT2D eigenvalue weighted by Gasteiger charge is -2.17. The van der Waals surface area contributed by atoms with Crippen LogP contribution in [0.15, 0.2) is 34.2 Å². The third-order valence-corrected chi connectivity index (χ3v) is 4.51. The molecule has 26 heavy (non-hydrogen) atoms. The molecule has 0 atom stereocenters. The van der Waals surface area contributed by atoms with E-state index in [9.17, 15) is 14.0 Å². The first-order valence-electron chi connectivity index (χ1n) is 8.17. The molecule has 2 rings (SSSR count). The SMILES string of the molecule is CSc1nc(C)c(CCC(=O)N(C)CCOc2ccccc2F)c(=O)[nH]1. The first-order valence-corrected chi connectivity index (χ1v) is 9.40. The van der Waals surface area contributed by atoms with Crippen LogP contribution >= 0.6 is 11.8 Å². The van der Waals surface area contributed by atoms with Crippen LogP contribution in [0.5, 0.6) is 5.75 Å². The number of ether oxygens (including phenoxy) is 1. The molecule has 1 aromatic heterocycles. The number of para-hydroxylation sites is 1. The molecule has 1 amide bonds. The molecule has 1 heterocycles. The third kappa shape index (κ3) is 5.32. The number of aromatic amines is 1. The van der Waals surface area contributed by atoms with Gasteiger partial charge in [0.25, 0.3) is 5.56 Å². The van der Waals surface area contributed by atoms with Crippen LogP contribution in [0.3, 0.4) is 0 Å². The maximum absolute atomic E-state index is 13.5. The molecule has 0 spiro atoms. The standard InChI is InChI=1S/C18H22FN3O3S/c1-12-13(17(24)21-18(20-12)26-3)8-9-16(23)22(2)10-11-25-15-7-5-4-6-14(15)19/h4-7H,8-11H2,1-3H3,(H,20,21,24). The van der Waals surface area contributed by atoms with Gasteiger partial charge in [-0.2, -0.15) is 0 Å². The number of hydrogen-bond donors (Lipinski definition) is 1. The second kappa shape index (κ2) is 9.38. The van der Waals surface area contributed by atoms with Gasteiger partial charge in [-0.3, -0.25) is 9.59 Å². The molecule has 0 aliphatic heterocycles. The molecule has 0 radical (unpaired) electrons. The van der Waals surface area contributed by atoms with Gasteiger partial charge in [0.05, 0.1) is 6.54 Å². The van der Waals surface area contributed by atoms with Gasteiger partial charge in [0, 0.05) is 24.7 Å². The van der Waals surface area contributed by atoms with Crippen LogP contribution in [-0.2, 0) is 11.2 Å². The van der Waals surface area contributed by atoms with Crippen molar-refractivity contribution in [3.05, 3.63) is 51.7 Å². The lowest BCUT2D eigenvalue weighted by molar-refractivity contribution is -0.130. The lowest BCUT2D eigenvalue weighted by atomic mass is 10.1. The van der Waals surface area contributed by atoms with Crippen LogP contribution in [0.4, 0.5) is 4.39 Å². The average molecular weight is 379 g/mol. The van der Waals surface area contributed by atoms with Gasteiger partial charge >= 0.3 is 0 Å². The maximum atomic E-state index is 13.5. The Balaban J connectivity index is 1.84. The van der Waals surface area contributed by atoms with Crippen LogP contribution in [0.2, 0.25) is 0 Å². The normalized spacial score (nSPS) is 10.6. The zero-order chi connectivity index (χ0) is 19.1. The van der Waals surface area contributed by atoms with Crippen molar-refractivity contribution in [2.24, 2.45) is 0 Å². The van der Waals surface area contributed by atoms with Gasteiger partial charge in [0.1, 0.15) is 6.61 Å². The highest BCUT2D eigenvalue weighted by Crippen LogP contribution is 2.15. The smallest absolute Gasteiger partial charge is 0.254 e. The molecular formula is C18H22FN3O3S. The first kappa shape index (κ1) is 20.0. The number of carbonyl (C=O) groups is 1. The number of likely N-dealkylation sites (N-methyl/N-ethyl adjacent to an activating group) is 1. The number of rotatable bonds is 8. The van der Waals surface area contributed by atoms with E-state index in [1.807, 2.05) is 6.26 Å². The largest absolute Gasteiger partial charge is 0.489 e. The summed E-state index contributed by atoms with van der Waals surface area (Å²) in [5, 5.41) is 0.560. The minimum absolute atomic E-state index is 0.116. The number of benzene rings is 1. The number of carbonyl (C=O) groups excluding carboxylic acids is 1. The van der Waals surface area contributed by atoms with E-state index in [2.05, 4.69) is 9.97 Å². The summed E-state index contributed by atoms with van der Waals surface area (Å²) in [5.41, 5.74) is 0.948. The Morgan fingerprint density at radius 2 is 2.12 bits per heavy atom. The minimum Gasteiger partial charge on any atom is -0.489 e. The van der Waals surface area contributed by atoms with E-state index in [0.29, 0.717) is 29.4 Å². The monoisotopic (exact) mass is 379 g/mol. The van der Waals surface area contributed by atoms with Crippen LogP contribution < -0.4 is 10.3 Å². The van der Waals surface area contributed by atoms with Crippen LogP contribution in [0, 0.1) is 12.7 Å². The van der Waals surface area contributed by atoms with Crippen LogP contribution in [-0.4, -0.2) is 47.2 Å². The zero-order valence-electron chi connectivity index (χ0n) is 15.0. The van der Waals surface area contributed by atoms with Gasteiger partial charge < -0.3 is 14.6 Å². The van der Waals surface area contributed by atoms with E-state index in [1.165, 1.54) is 28.8 Å². The van der Waals surface area contributed by atoms with Gasteiger partial charge in [-0.25, -0.2) is 9.37 Å². The van der Waals surface area contributed by atoms with E-state index >= 15 is 0 Å². The van der Waals surface area contributed by atoms with Crippen molar-refractivity contribution >= 4 is 17.7 Å². The topological polar surface area (TPSA) is 75.3 Å². The molecule has 0 aliphatic carbocycles. The molecule has 0 aliphatic rings. The van der Waals surface area contributed by atoms with Gasteiger partial charge in [0.2, 0.25) is 5.91 Å². The maximum Gasteiger partial charge on any atom is 0.254 e. The van der Waals surface area contributed by atoms with Crippen molar-refractivity contribution < 1.29 is 13.9 Å². The number of aromatic nitrogens is 2. The van der Waals surface area contributed by atoms with Gasteiger partial charge in [-0.05, 0) is 31.7 Å². The van der Waals surface area contributed by atoms with E-state index in [0.717, 1.165) is 0 Å². The van der Waals surface area contributed by atoms with Crippen molar-refractivity contribution in [3.63, 3.8) is 0 Å². The summed E-state index contributed by atoms with van der Waals surface area (Å²) in [5.74, 6) is -0.386. The molecule has 140 valence electrons. The Bertz CT molecular complexity index is 826. The van der Waals surface area contributed by atoms with Crippen molar-refractivity contribution in [2.45, 2.75) is 24.9 Å². The summed E-state index contributed by atoms with van der Waals surface area (Å²) in [6.45, 7) is 2.28. The summed E-state index contributed by atoms with van der Waals surface area (Å²) in [4.78, 5) is 32.8. The molecule has 0 unspecified atom stereocenters. The number of aryl methyl sites for hydroxylation is 1. The zero-order valence-corrected chi connectivity index (χ0v) is 15.9. The molecule has 0 saturated carbocycles. The predicted molar refractivity (Wildman–Crippen MR) is 99.2 cm³/mol. The molecule has 2 aromatic rings. The Labute approximate surface area is 155 Å². The Morgan fingerprint density at radius 1 is 1.38 bits per heavy atom. The molecule has 1 aromatic carbocycles. The number of nitrogens with zero attached hydrogens (tertiary/aromatic N) is 2. The number of nitrogens with one attached hydrogen (secondary N) is 1. The fourth-order valence-corrected chi connectivity index (χ4v) is 2.80. The third-order valence-electron chi connectivity index (χ3n) is 3.93. The van der Waals surface area contributed by atoms with Crippen molar-refractivity contribution in [1.82, 2.24) is 14.9 Å². The molecule has 6 nitrogen and oxygen atoms in total. The number of thioether (sulfide) groups is 1. The number of H-pyrrole nitrogens is 1. The minimum atomic E-state index is -0.433. The Kier molecular flexibility index (Phi) is 7.20. The Morgan fingerprint density at radius 3 is 2.77 bits per heavy atom. The summed E-state index contributed by atoms with van der Waals surface area (Å²) in [6, 6.07) is 6.13. The first-order chi connectivity index (χ1) is 12.4. The van der Waals surface area contributed by atoms with E-state index in [-0.39, 0.29) is 30.2 Å². The summed E-state index contributed by atoms with van der Waals surface area (Å²) >= 11 is 1.36. The van der Waals surface area contributed by atoms with Crippen molar-refractivity contribution in [2.75, 3.05) is 26.5 Å². The summed E-state index contributed by atoms with van der Waals surface area (Å²) in [6.07, 6.45) is 2.35. The highest BCUT2D eigenvalue weighted by atomic mass is 32.2. The number of halogens is 1. The molecular weight excluding hydrogens is 357 g/mol. The van der Waals surface area contributed by atoms with E-state index < -0.39 is 5.82 Å². The summed E-state index contributed by atoms with van der Waals surface area (Å²) < 4.78 is 18.8. The highest BCUT2D eigenvalue weighted by Gasteiger charge is 2.13. The molecule has 0 saturated heterocycles. The second-order valence-electron chi connectivity index (χ2n) is 5.73. The summed E-state index contributed by atoms with van der Waals surface area (Å²) in [7, 11) is 1.65. The molecule has 8 heteroatoms. The molecule has 0 fully saturated rings.